The third-order valence-corrected chi connectivity index (χ3v) is 1.58. The van der Waals surface area contributed by atoms with Gasteiger partial charge in [0.2, 0.25) is 0 Å². The molecule has 0 unspecified atom stereocenters. The van der Waals surface area contributed by atoms with Crippen LogP contribution in [0.1, 0.15) is 10.4 Å². The second kappa shape index (κ2) is 3.13. The number of hydrogen-bond acceptors (Lipinski definition) is 3. The highest BCUT2D eigenvalue weighted by Gasteiger charge is 2.03. The molecule has 0 spiro atoms. The number of carbonyl (C=O) groups is 1. The molecule has 0 atom stereocenters. The van der Waals surface area contributed by atoms with Crippen LogP contribution in [0.3, 0.4) is 0 Å². The van der Waals surface area contributed by atoms with Gasteiger partial charge in [-0.05, 0) is 18.2 Å². The van der Waals surface area contributed by atoms with Gasteiger partial charge in [-0.15, -0.1) is 0 Å². The maximum atomic E-state index is 11.1. The second-order valence-electron chi connectivity index (χ2n) is 2.42. The molecule has 5 N–H and O–H groups in total. The van der Waals surface area contributed by atoms with E-state index in [1.165, 1.54) is 0 Å². The number of anilines is 2. The predicted molar refractivity (Wildman–Crippen MR) is 48.7 cm³/mol. The van der Waals surface area contributed by atoms with Gasteiger partial charge in [-0.25, -0.2) is 0 Å². The molecule has 0 radical (unpaired) electrons. The molecule has 64 valence electrons. The normalized spacial score (nSPS) is 9.42. The van der Waals surface area contributed by atoms with Gasteiger partial charge in [0.15, 0.2) is 0 Å². The summed E-state index contributed by atoms with van der Waals surface area (Å²) in [5, 5.41) is 2.49. The van der Waals surface area contributed by atoms with Gasteiger partial charge >= 0.3 is 0 Å². The van der Waals surface area contributed by atoms with Crippen molar-refractivity contribution in [3.05, 3.63) is 23.8 Å². The molecule has 4 heteroatoms. The van der Waals surface area contributed by atoms with Crippen LogP contribution in [-0.2, 0) is 0 Å². The third-order valence-electron chi connectivity index (χ3n) is 1.58. The first-order valence-electron chi connectivity index (χ1n) is 3.52. The fourth-order valence-corrected chi connectivity index (χ4v) is 0.860. The van der Waals surface area contributed by atoms with Crippen molar-refractivity contribution >= 4 is 17.3 Å². The van der Waals surface area contributed by atoms with Crippen LogP contribution in [0.25, 0.3) is 0 Å². The smallest absolute Gasteiger partial charge is 0.251 e. The predicted octanol–water partition coefficient (Wildman–Crippen LogP) is 0.211. The van der Waals surface area contributed by atoms with E-state index >= 15 is 0 Å². The minimum Gasteiger partial charge on any atom is -0.397 e. The Balaban J connectivity index is 3.05. The van der Waals surface area contributed by atoms with Crippen LogP contribution >= 0.6 is 0 Å². The van der Waals surface area contributed by atoms with E-state index in [4.69, 9.17) is 11.5 Å². The zero-order valence-electron chi connectivity index (χ0n) is 6.79. The van der Waals surface area contributed by atoms with E-state index < -0.39 is 0 Å². The highest BCUT2D eigenvalue weighted by atomic mass is 16.1. The Labute approximate surface area is 70.6 Å². The van der Waals surface area contributed by atoms with Crippen molar-refractivity contribution in [3.8, 4) is 0 Å². The Morgan fingerprint density at radius 3 is 2.50 bits per heavy atom. The molecule has 0 aliphatic rings. The number of amides is 1. The second-order valence-corrected chi connectivity index (χ2v) is 2.42. The van der Waals surface area contributed by atoms with Crippen molar-refractivity contribution in [1.29, 1.82) is 0 Å². The molecule has 0 aliphatic carbocycles. The Morgan fingerprint density at radius 2 is 2.00 bits per heavy atom. The summed E-state index contributed by atoms with van der Waals surface area (Å²) in [6.07, 6.45) is 0. The van der Waals surface area contributed by atoms with E-state index in [1.54, 1.807) is 25.2 Å². The highest BCUT2D eigenvalue weighted by Crippen LogP contribution is 2.15. The lowest BCUT2D eigenvalue weighted by atomic mass is 10.1. The van der Waals surface area contributed by atoms with E-state index in [1.807, 2.05) is 0 Å². The summed E-state index contributed by atoms with van der Waals surface area (Å²) < 4.78 is 0. The molecule has 4 nitrogen and oxygen atoms in total. The number of benzene rings is 1. The average Bonchev–Trinajstić information content (AvgIpc) is 2.08. The first kappa shape index (κ1) is 8.39. The van der Waals surface area contributed by atoms with E-state index in [9.17, 15) is 4.79 Å². The molecule has 1 aromatic rings. The van der Waals surface area contributed by atoms with Crippen molar-refractivity contribution in [2.24, 2.45) is 0 Å². The fraction of sp³-hybridized carbons (Fsp3) is 0.125. The number of rotatable bonds is 1. The molecule has 1 aromatic carbocycles. The highest BCUT2D eigenvalue weighted by molar-refractivity contribution is 5.95. The van der Waals surface area contributed by atoms with Gasteiger partial charge in [0.1, 0.15) is 0 Å². The zero-order valence-corrected chi connectivity index (χ0v) is 6.79. The van der Waals surface area contributed by atoms with Crippen LogP contribution in [0.2, 0.25) is 0 Å². The topological polar surface area (TPSA) is 81.1 Å². The summed E-state index contributed by atoms with van der Waals surface area (Å²) >= 11 is 0. The van der Waals surface area contributed by atoms with E-state index in [0.29, 0.717) is 16.9 Å². The lowest BCUT2D eigenvalue weighted by Crippen LogP contribution is -2.17. The molecule has 0 aliphatic heterocycles. The Morgan fingerprint density at radius 1 is 1.33 bits per heavy atom. The Bertz CT molecular complexity index is 309. The molecule has 1 rings (SSSR count). The van der Waals surface area contributed by atoms with Crippen LogP contribution in [0.15, 0.2) is 18.2 Å². The Hall–Kier alpha value is -1.71. The van der Waals surface area contributed by atoms with E-state index in [-0.39, 0.29) is 5.91 Å². The number of nitrogen functional groups attached to an aromatic ring is 2. The zero-order chi connectivity index (χ0) is 9.14. The summed E-state index contributed by atoms with van der Waals surface area (Å²) in [7, 11) is 1.56. The summed E-state index contributed by atoms with van der Waals surface area (Å²) in [6, 6.07) is 4.79. The SMILES string of the molecule is CNC(=O)c1ccc(N)c(N)c1. The van der Waals surface area contributed by atoms with Gasteiger partial charge in [-0.3, -0.25) is 4.79 Å². The van der Waals surface area contributed by atoms with Crippen molar-refractivity contribution < 1.29 is 4.79 Å². The Kier molecular flexibility index (Phi) is 2.19. The molecule has 0 aromatic heterocycles. The van der Waals surface area contributed by atoms with Crippen molar-refractivity contribution in [2.75, 3.05) is 18.5 Å². The summed E-state index contributed by atoms with van der Waals surface area (Å²) in [5.74, 6) is -0.165. The minimum absolute atomic E-state index is 0.165. The summed E-state index contributed by atoms with van der Waals surface area (Å²) in [6.45, 7) is 0. The molecule has 0 heterocycles. The lowest BCUT2D eigenvalue weighted by Gasteiger charge is -2.02. The summed E-state index contributed by atoms with van der Waals surface area (Å²) in [4.78, 5) is 11.1. The first-order chi connectivity index (χ1) is 5.65. The molecular weight excluding hydrogens is 154 g/mol. The third kappa shape index (κ3) is 1.47. The van der Waals surface area contributed by atoms with Crippen LogP contribution in [-0.4, -0.2) is 13.0 Å². The van der Waals surface area contributed by atoms with Gasteiger partial charge in [0.05, 0.1) is 11.4 Å². The van der Waals surface area contributed by atoms with E-state index in [2.05, 4.69) is 5.32 Å². The van der Waals surface area contributed by atoms with Crippen LogP contribution in [0.4, 0.5) is 11.4 Å². The first-order valence-corrected chi connectivity index (χ1v) is 3.52. The average molecular weight is 165 g/mol. The molecule has 1 amide bonds. The number of carbonyl (C=O) groups excluding carboxylic acids is 1. The van der Waals surface area contributed by atoms with Gasteiger partial charge in [-0.2, -0.15) is 0 Å². The van der Waals surface area contributed by atoms with Crippen molar-refractivity contribution in [1.82, 2.24) is 5.32 Å². The van der Waals surface area contributed by atoms with Gasteiger partial charge in [0.25, 0.3) is 5.91 Å². The summed E-state index contributed by atoms with van der Waals surface area (Å²) in [5.41, 5.74) is 12.4. The number of nitrogens with two attached hydrogens (primary N) is 2. The van der Waals surface area contributed by atoms with Gasteiger partial charge in [-0.1, -0.05) is 0 Å². The van der Waals surface area contributed by atoms with Gasteiger partial charge in [0, 0.05) is 12.6 Å². The lowest BCUT2D eigenvalue weighted by molar-refractivity contribution is 0.0963. The van der Waals surface area contributed by atoms with Crippen LogP contribution in [0, 0.1) is 0 Å². The largest absolute Gasteiger partial charge is 0.397 e. The molecular formula is C8H11N3O. The minimum atomic E-state index is -0.165. The number of nitrogens with one attached hydrogen (secondary N) is 1. The quantitative estimate of drug-likeness (QED) is 0.520. The van der Waals surface area contributed by atoms with Crippen molar-refractivity contribution in [3.63, 3.8) is 0 Å². The monoisotopic (exact) mass is 165 g/mol. The van der Waals surface area contributed by atoms with Crippen LogP contribution < -0.4 is 16.8 Å². The van der Waals surface area contributed by atoms with E-state index in [0.717, 1.165) is 0 Å². The molecule has 12 heavy (non-hydrogen) atoms. The molecule has 0 fully saturated rings. The van der Waals surface area contributed by atoms with Crippen molar-refractivity contribution in [2.45, 2.75) is 0 Å². The molecule has 0 bridgehead atoms. The maximum absolute atomic E-state index is 11.1. The fourth-order valence-electron chi connectivity index (χ4n) is 0.860. The molecule has 0 saturated heterocycles. The maximum Gasteiger partial charge on any atom is 0.251 e. The van der Waals surface area contributed by atoms with Crippen LogP contribution in [0.5, 0.6) is 0 Å². The standard InChI is InChI=1S/C8H11N3O/c1-11-8(12)5-2-3-6(9)7(10)4-5/h2-4H,9-10H2,1H3,(H,11,12). The number of hydrogen-bond donors (Lipinski definition) is 3. The van der Waals surface area contributed by atoms with Gasteiger partial charge < -0.3 is 16.8 Å². The molecule has 0 saturated carbocycles.